The lowest BCUT2D eigenvalue weighted by atomic mass is 10.1. The molecule has 0 aliphatic heterocycles. The Morgan fingerprint density at radius 1 is 1.50 bits per heavy atom. The monoisotopic (exact) mass is 210 g/mol. The molecule has 0 aliphatic carbocycles. The van der Waals surface area contributed by atoms with Crippen LogP contribution in [0.1, 0.15) is 11.5 Å². The summed E-state index contributed by atoms with van der Waals surface area (Å²) in [6.45, 7) is 0. The van der Waals surface area contributed by atoms with Crippen LogP contribution in [-0.2, 0) is 6.42 Å². The van der Waals surface area contributed by atoms with Crippen molar-refractivity contribution in [2.75, 3.05) is 0 Å². The Labute approximate surface area is 84.6 Å². The van der Waals surface area contributed by atoms with E-state index < -0.39 is 0 Å². The summed E-state index contributed by atoms with van der Waals surface area (Å²) in [7, 11) is 0. The number of rotatable bonds is 2. The number of nitrogens with one attached hydrogen (secondary N) is 1. The van der Waals surface area contributed by atoms with E-state index in [2.05, 4.69) is 10.2 Å². The van der Waals surface area contributed by atoms with Crippen LogP contribution in [-0.4, -0.2) is 10.2 Å². The number of aromatic amines is 1. The molecule has 14 heavy (non-hydrogen) atoms. The van der Waals surface area contributed by atoms with Crippen molar-refractivity contribution in [2.24, 2.45) is 0 Å². The predicted molar refractivity (Wildman–Crippen MR) is 50.9 cm³/mol. The highest BCUT2D eigenvalue weighted by Crippen LogP contribution is 2.08. The SMILES string of the molecule is Fc1cccc(Cc2n[nH]c(=S)o2)c1. The fourth-order valence-corrected chi connectivity index (χ4v) is 1.30. The van der Waals surface area contributed by atoms with E-state index in [1.807, 2.05) is 0 Å². The van der Waals surface area contributed by atoms with Gasteiger partial charge in [0.2, 0.25) is 5.89 Å². The van der Waals surface area contributed by atoms with Crippen molar-refractivity contribution in [1.29, 1.82) is 0 Å². The zero-order chi connectivity index (χ0) is 9.97. The smallest absolute Gasteiger partial charge is 0.284 e. The van der Waals surface area contributed by atoms with Crippen molar-refractivity contribution in [3.8, 4) is 0 Å². The molecule has 5 heteroatoms. The molecule has 2 aromatic rings. The van der Waals surface area contributed by atoms with Gasteiger partial charge in [0.1, 0.15) is 5.82 Å². The third-order valence-electron chi connectivity index (χ3n) is 1.73. The summed E-state index contributed by atoms with van der Waals surface area (Å²) in [6.07, 6.45) is 0.435. The minimum absolute atomic E-state index is 0.233. The maximum atomic E-state index is 12.8. The Balaban J connectivity index is 2.22. The van der Waals surface area contributed by atoms with Crippen molar-refractivity contribution in [1.82, 2.24) is 10.2 Å². The lowest BCUT2D eigenvalue weighted by molar-refractivity contribution is 0.491. The minimum atomic E-state index is -0.267. The number of benzene rings is 1. The first-order valence-electron chi connectivity index (χ1n) is 4.03. The highest BCUT2D eigenvalue weighted by atomic mass is 32.1. The molecule has 0 spiro atoms. The number of hydrogen-bond acceptors (Lipinski definition) is 3. The summed E-state index contributed by atoms with van der Waals surface area (Å²) in [6, 6.07) is 6.28. The molecule has 0 amide bonds. The molecule has 72 valence electrons. The Morgan fingerprint density at radius 2 is 2.36 bits per heavy atom. The van der Waals surface area contributed by atoms with Gasteiger partial charge in [-0.05, 0) is 29.9 Å². The van der Waals surface area contributed by atoms with Crippen molar-refractivity contribution in [3.63, 3.8) is 0 Å². The third kappa shape index (κ3) is 2.05. The third-order valence-corrected chi connectivity index (χ3v) is 1.90. The van der Waals surface area contributed by atoms with Crippen molar-refractivity contribution in [3.05, 3.63) is 46.4 Å². The zero-order valence-electron chi connectivity index (χ0n) is 7.16. The Hall–Kier alpha value is -1.49. The van der Waals surface area contributed by atoms with Gasteiger partial charge in [-0.1, -0.05) is 12.1 Å². The minimum Gasteiger partial charge on any atom is -0.414 e. The van der Waals surface area contributed by atoms with Crippen molar-refractivity contribution >= 4 is 12.2 Å². The second-order valence-electron chi connectivity index (χ2n) is 2.81. The molecule has 1 heterocycles. The maximum absolute atomic E-state index is 12.8. The molecule has 0 saturated carbocycles. The van der Waals surface area contributed by atoms with Gasteiger partial charge >= 0.3 is 0 Å². The average Bonchev–Trinajstić information content (AvgIpc) is 2.51. The van der Waals surface area contributed by atoms with E-state index >= 15 is 0 Å². The molecule has 2 rings (SSSR count). The quantitative estimate of drug-likeness (QED) is 0.774. The van der Waals surface area contributed by atoms with E-state index in [1.54, 1.807) is 12.1 Å². The van der Waals surface area contributed by atoms with Gasteiger partial charge in [-0.15, -0.1) is 5.10 Å². The van der Waals surface area contributed by atoms with Crippen molar-refractivity contribution < 1.29 is 8.81 Å². The molecule has 0 fully saturated rings. The first kappa shape index (κ1) is 9.08. The van der Waals surface area contributed by atoms with Crippen LogP contribution in [0.4, 0.5) is 4.39 Å². The number of halogens is 1. The van der Waals surface area contributed by atoms with Crippen LogP contribution in [0.3, 0.4) is 0 Å². The molecular weight excluding hydrogens is 203 g/mol. The van der Waals surface area contributed by atoms with E-state index in [9.17, 15) is 4.39 Å². The summed E-state index contributed by atoms with van der Waals surface area (Å²) < 4.78 is 17.8. The average molecular weight is 210 g/mol. The number of H-pyrrole nitrogens is 1. The normalized spacial score (nSPS) is 10.4. The lowest BCUT2D eigenvalue weighted by Gasteiger charge is -1.95. The standard InChI is InChI=1S/C9H7FN2OS/c10-7-3-1-2-6(4-7)5-8-11-12-9(14)13-8/h1-4H,5H2,(H,12,14). The van der Waals surface area contributed by atoms with Crippen LogP contribution < -0.4 is 0 Å². The highest BCUT2D eigenvalue weighted by molar-refractivity contribution is 7.71. The second-order valence-corrected chi connectivity index (χ2v) is 3.18. The van der Waals surface area contributed by atoms with Gasteiger partial charge < -0.3 is 4.42 Å². The summed E-state index contributed by atoms with van der Waals surface area (Å²) in [4.78, 5) is 0.233. The first-order chi connectivity index (χ1) is 6.74. The molecule has 1 N–H and O–H groups in total. The Kier molecular flexibility index (Phi) is 2.41. The van der Waals surface area contributed by atoms with Crippen LogP contribution in [0.25, 0.3) is 0 Å². The Morgan fingerprint density at radius 3 is 3.00 bits per heavy atom. The molecular formula is C9H7FN2OS. The molecule has 0 atom stereocenters. The lowest BCUT2D eigenvalue weighted by Crippen LogP contribution is -1.89. The second kappa shape index (κ2) is 3.71. The van der Waals surface area contributed by atoms with Crippen LogP contribution >= 0.6 is 12.2 Å². The molecule has 1 aromatic heterocycles. The van der Waals surface area contributed by atoms with E-state index in [0.29, 0.717) is 12.3 Å². The summed E-state index contributed by atoms with van der Waals surface area (Å²) >= 11 is 4.72. The maximum Gasteiger partial charge on any atom is 0.284 e. The first-order valence-corrected chi connectivity index (χ1v) is 4.44. The fourth-order valence-electron chi connectivity index (χ4n) is 1.16. The molecule has 0 saturated heterocycles. The largest absolute Gasteiger partial charge is 0.414 e. The number of hydrogen-bond donors (Lipinski definition) is 1. The fraction of sp³-hybridized carbons (Fsp3) is 0.111. The van der Waals surface area contributed by atoms with Gasteiger partial charge in [-0.3, -0.25) is 0 Å². The Bertz CT molecular complexity index is 491. The van der Waals surface area contributed by atoms with Gasteiger partial charge in [-0.2, -0.15) is 0 Å². The summed E-state index contributed by atoms with van der Waals surface area (Å²) in [5.74, 6) is 0.192. The topological polar surface area (TPSA) is 41.8 Å². The molecule has 0 unspecified atom stereocenters. The van der Waals surface area contributed by atoms with E-state index in [0.717, 1.165) is 5.56 Å². The van der Waals surface area contributed by atoms with Crippen LogP contribution in [0, 0.1) is 10.7 Å². The summed E-state index contributed by atoms with van der Waals surface area (Å²) in [5, 5.41) is 6.33. The van der Waals surface area contributed by atoms with Crippen LogP contribution in [0.15, 0.2) is 28.7 Å². The molecule has 0 radical (unpaired) electrons. The van der Waals surface area contributed by atoms with Gasteiger partial charge in [0, 0.05) is 0 Å². The summed E-state index contributed by atoms with van der Waals surface area (Å²) in [5.41, 5.74) is 0.801. The molecule has 0 aliphatic rings. The van der Waals surface area contributed by atoms with E-state index in [-0.39, 0.29) is 10.7 Å². The van der Waals surface area contributed by atoms with Crippen LogP contribution in [0.5, 0.6) is 0 Å². The molecule has 0 bridgehead atoms. The van der Waals surface area contributed by atoms with E-state index in [1.165, 1.54) is 12.1 Å². The van der Waals surface area contributed by atoms with Gasteiger partial charge in [0.05, 0.1) is 6.42 Å². The predicted octanol–water partition coefficient (Wildman–Crippen LogP) is 2.46. The zero-order valence-corrected chi connectivity index (χ0v) is 7.97. The number of aromatic nitrogens is 2. The van der Waals surface area contributed by atoms with Gasteiger partial charge in [0.25, 0.3) is 4.84 Å². The number of nitrogens with zero attached hydrogens (tertiary/aromatic N) is 1. The van der Waals surface area contributed by atoms with Crippen LogP contribution in [0.2, 0.25) is 0 Å². The van der Waals surface area contributed by atoms with E-state index in [4.69, 9.17) is 16.6 Å². The molecule has 3 nitrogen and oxygen atoms in total. The molecule has 1 aromatic carbocycles. The highest BCUT2D eigenvalue weighted by Gasteiger charge is 2.02. The van der Waals surface area contributed by atoms with Gasteiger partial charge in [0.15, 0.2) is 0 Å². The van der Waals surface area contributed by atoms with Gasteiger partial charge in [-0.25, -0.2) is 9.49 Å². The van der Waals surface area contributed by atoms with Crippen molar-refractivity contribution in [2.45, 2.75) is 6.42 Å².